The molecule has 39 heavy (non-hydrogen) atoms. The van der Waals surface area contributed by atoms with Gasteiger partial charge in [0.2, 0.25) is 6.29 Å². The average molecular weight is 537 g/mol. The van der Waals surface area contributed by atoms with E-state index < -0.39 is 61.8 Å². The molecule has 0 bridgehead atoms. The Morgan fingerprint density at radius 1 is 0.744 bits per heavy atom. The number of hydrogen-bond donors (Lipinski definition) is 0. The van der Waals surface area contributed by atoms with Gasteiger partial charge in [-0.25, -0.2) is 9.59 Å². The first-order valence-electron chi connectivity index (χ1n) is 13.4. The fourth-order valence-corrected chi connectivity index (χ4v) is 3.95. The van der Waals surface area contributed by atoms with Crippen molar-refractivity contribution < 1.29 is 45.5 Å². The SMILES string of the molecule is [2H]C(O[C@H]1[C@H](OC([2H])c2ccccc2)[C@@H](OC(=O)c2ccccc2)C(OC(C)=O)O[C@@H]1C(=O)OC)c1ccccc1. The molecule has 0 spiro atoms. The van der Waals surface area contributed by atoms with Crippen LogP contribution in [0.3, 0.4) is 0 Å². The van der Waals surface area contributed by atoms with Crippen LogP contribution in [0.5, 0.6) is 0 Å². The van der Waals surface area contributed by atoms with Crippen LogP contribution in [0.2, 0.25) is 0 Å². The lowest BCUT2D eigenvalue weighted by Gasteiger charge is -2.43. The van der Waals surface area contributed by atoms with Gasteiger partial charge in [-0.05, 0) is 23.3 Å². The van der Waals surface area contributed by atoms with Crippen LogP contribution in [0, 0.1) is 0 Å². The number of carbonyl (C=O) groups is 3. The molecule has 1 aliphatic rings. The predicted octanol–water partition coefficient (Wildman–Crippen LogP) is 3.84. The maximum absolute atomic E-state index is 13.2. The number of esters is 3. The van der Waals surface area contributed by atoms with Crippen molar-refractivity contribution in [2.45, 2.75) is 50.8 Å². The number of rotatable bonds is 10. The van der Waals surface area contributed by atoms with E-state index in [1.807, 2.05) is 0 Å². The highest BCUT2D eigenvalue weighted by atomic mass is 16.7. The smallest absolute Gasteiger partial charge is 0.338 e. The Kier molecular flexibility index (Phi) is 8.84. The van der Waals surface area contributed by atoms with E-state index in [0.717, 1.165) is 14.0 Å². The summed E-state index contributed by atoms with van der Waals surface area (Å²) in [5.74, 6) is -2.49. The number of ether oxygens (including phenoxy) is 6. The molecule has 9 heteroatoms. The molecule has 1 fully saturated rings. The highest BCUT2D eigenvalue weighted by Gasteiger charge is 2.54. The third-order valence-corrected chi connectivity index (χ3v) is 5.78. The molecular weight excluding hydrogens is 504 g/mol. The Morgan fingerprint density at radius 2 is 1.26 bits per heavy atom. The number of methoxy groups -OCH3 is 1. The van der Waals surface area contributed by atoms with Crippen molar-refractivity contribution >= 4 is 17.9 Å². The summed E-state index contributed by atoms with van der Waals surface area (Å²) in [5, 5.41) is 0. The van der Waals surface area contributed by atoms with Crippen LogP contribution in [0.15, 0.2) is 91.0 Å². The fraction of sp³-hybridized carbons (Fsp3) is 0.300. The first-order valence-corrected chi connectivity index (χ1v) is 12.2. The summed E-state index contributed by atoms with van der Waals surface area (Å²) in [6.07, 6.45) is -7.55. The van der Waals surface area contributed by atoms with Gasteiger partial charge in [-0.2, -0.15) is 0 Å². The molecule has 3 aromatic rings. The van der Waals surface area contributed by atoms with Crippen molar-refractivity contribution in [3.05, 3.63) is 108 Å². The third-order valence-electron chi connectivity index (χ3n) is 5.78. The monoisotopic (exact) mass is 536 g/mol. The van der Waals surface area contributed by atoms with Gasteiger partial charge in [-0.15, -0.1) is 0 Å². The highest BCUT2D eigenvalue weighted by molar-refractivity contribution is 5.89. The Labute approximate surface area is 229 Å². The minimum Gasteiger partial charge on any atom is -0.467 e. The van der Waals surface area contributed by atoms with Crippen LogP contribution < -0.4 is 0 Å². The van der Waals surface area contributed by atoms with Gasteiger partial charge in [0.25, 0.3) is 0 Å². The predicted molar refractivity (Wildman–Crippen MR) is 138 cm³/mol. The Hall–Kier alpha value is -4.05. The molecule has 1 aliphatic heterocycles. The van der Waals surface area contributed by atoms with Gasteiger partial charge in [0, 0.05) is 6.92 Å². The van der Waals surface area contributed by atoms with Crippen LogP contribution in [-0.2, 0) is 51.2 Å². The van der Waals surface area contributed by atoms with Gasteiger partial charge in [0.1, 0.15) is 12.2 Å². The lowest BCUT2D eigenvalue weighted by Crippen LogP contribution is -2.63. The van der Waals surface area contributed by atoms with Gasteiger partial charge < -0.3 is 28.4 Å². The molecule has 0 radical (unpaired) electrons. The second-order valence-corrected chi connectivity index (χ2v) is 8.55. The maximum atomic E-state index is 13.2. The maximum Gasteiger partial charge on any atom is 0.338 e. The van der Waals surface area contributed by atoms with E-state index in [0.29, 0.717) is 11.1 Å². The molecule has 0 saturated carbocycles. The molecule has 3 aromatic carbocycles. The van der Waals surface area contributed by atoms with E-state index in [1.54, 1.807) is 78.9 Å². The van der Waals surface area contributed by atoms with Gasteiger partial charge in [-0.1, -0.05) is 78.9 Å². The molecule has 7 atom stereocenters. The second-order valence-electron chi connectivity index (χ2n) is 8.55. The summed E-state index contributed by atoms with van der Waals surface area (Å²) < 4.78 is 51.4. The average Bonchev–Trinajstić information content (AvgIpc) is 3.00. The minimum absolute atomic E-state index is 0.188. The number of carbonyl (C=O) groups excluding carboxylic acids is 3. The van der Waals surface area contributed by atoms with Crippen molar-refractivity contribution in [1.29, 1.82) is 0 Å². The van der Waals surface area contributed by atoms with Crippen LogP contribution in [0.4, 0.5) is 0 Å². The molecule has 1 saturated heterocycles. The van der Waals surface area contributed by atoms with E-state index >= 15 is 0 Å². The standard InChI is InChI=1S/C30H30O9/c1-20(31)37-30-27(38-28(32)23-16-10-5-11-17-23)25(36-19-22-14-8-4-9-15-22)24(26(39-30)29(33)34-2)35-18-21-12-6-3-7-13-21/h3-17,24-27,30H,18-19H2,1-2H3/t24-,25-,26-,27+,30?/m0/s1/i18D,19D/t18?,19?,24-,25-,26-,27+,30?. The minimum atomic E-state index is -1.63. The summed E-state index contributed by atoms with van der Waals surface area (Å²) in [6, 6.07) is 25.2. The lowest BCUT2D eigenvalue weighted by molar-refractivity contribution is -0.301. The van der Waals surface area contributed by atoms with Crippen molar-refractivity contribution in [2.24, 2.45) is 0 Å². The van der Waals surface area contributed by atoms with Crippen molar-refractivity contribution in [1.82, 2.24) is 0 Å². The van der Waals surface area contributed by atoms with Gasteiger partial charge in [0.05, 0.1) is 28.6 Å². The van der Waals surface area contributed by atoms with E-state index in [9.17, 15) is 14.4 Å². The van der Waals surface area contributed by atoms with E-state index in [4.69, 9.17) is 31.2 Å². The fourth-order valence-electron chi connectivity index (χ4n) is 3.95. The van der Waals surface area contributed by atoms with Crippen LogP contribution >= 0.6 is 0 Å². The van der Waals surface area contributed by atoms with Crippen LogP contribution in [0.25, 0.3) is 0 Å². The Morgan fingerprint density at radius 3 is 1.77 bits per heavy atom. The molecule has 4 rings (SSSR count). The first kappa shape index (κ1) is 25.2. The third kappa shape index (κ3) is 7.51. The van der Waals surface area contributed by atoms with Crippen LogP contribution in [-0.4, -0.2) is 55.7 Å². The van der Waals surface area contributed by atoms with E-state index in [1.165, 1.54) is 12.1 Å². The zero-order chi connectivity index (χ0) is 29.4. The van der Waals surface area contributed by atoms with Gasteiger partial charge >= 0.3 is 17.9 Å². The Bertz CT molecular complexity index is 1290. The quantitative estimate of drug-likeness (QED) is 0.282. The molecule has 204 valence electrons. The molecule has 0 N–H and O–H groups in total. The van der Waals surface area contributed by atoms with E-state index in [2.05, 4.69) is 0 Å². The summed E-state index contributed by atoms with van der Waals surface area (Å²) in [6.45, 7) is -1.56. The first-order chi connectivity index (χ1) is 19.8. The largest absolute Gasteiger partial charge is 0.467 e. The molecule has 9 nitrogen and oxygen atoms in total. The number of benzene rings is 3. The van der Waals surface area contributed by atoms with Gasteiger partial charge in [0.15, 0.2) is 12.2 Å². The second kappa shape index (κ2) is 13.7. The zero-order valence-corrected chi connectivity index (χ0v) is 21.4. The van der Waals surface area contributed by atoms with Crippen molar-refractivity contribution in [3.63, 3.8) is 0 Å². The van der Waals surface area contributed by atoms with Crippen molar-refractivity contribution in [2.75, 3.05) is 7.11 Å². The Balaban J connectivity index is 1.77. The summed E-state index contributed by atoms with van der Waals surface area (Å²) in [7, 11) is 1.13. The van der Waals surface area contributed by atoms with Crippen LogP contribution in [0.1, 0.15) is 31.2 Å². The normalized spacial score (nSPS) is 24.8. The molecule has 3 unspecified atom stereocenters. The molecule has 0 aliphatic carbocycles. The summed E-state index contributed by atoms with van der Waals surface area (Å²) in [4.78, 5) is 38.2. The molecule has 1 heterocycles. The summed E-state index contributed by atoms with van der Waals surface area (Å²) >= 11 is 0. The number of hydrogen-bond acceptors (Lipinski definition) is 9. The zero-order valence-electron chi connectivity index (χ0n) is 23.4. The van der Waals surface area contributed by atoms with Gasteiger partial charge in [-0.3, -0.25) is 4.79 Å². The summed E-state index contributed by atoms with van der Waals surface area (Å²) in [5.41, 5.74) is 1.10. The van der Waals surface area contributed by atoms with E-state index in [-0.39, 0.29) is 5.56 Å². The topological polar surface area (TPSA) is 107 Å². The highest BCUT2D eigenvalue weighted by Crippen LogP contribution is 2.32. The molecular formula is C30H30O9. The lowest BCUT2D eigenvalue weighted by atomic mass is 9.97. The van der Waals surface area contributed by atoms with Crippen molar-refractivity contribution in [3.8, 4) is 0 Å². The molecule has 0 amide bonds. The molecule has 0 aromatic heterocycles.